The van der Waals surface area contributed by atoms with E-state index in [2.05, 4.69) is 15.9 Å². The summed E-state index contributed by atoms with van der Waals surface area (Å²) in [6.07, 6.45) is 0.148. The summed E-state index contributed by atoms with van der Waals surface area (Å²) in [5.41, 5.74) is 0. The van der Waals surface area contributed by atoms with Crippen LogP contribution in [-0.2, 0) is 14.8 Å². The third-order valence-corrected chi connectivity index (χ3v) is 5.58. The Hall–Kier alpha value is -1.06. The Morgan fingerprint density at radius 1 is 1.35 bits per heavy atom. The van der Waals surface area contributed by atoms with Gasteiger partial charge in [-0.2, -0.15) is 4.31 Å². The Morgan fingerprint density at radius 3 is 2.55 bits per heavy atom. The van der Waals surface area contributed by atoms with Crippen LogP contribution in [0.5, 0.6) is 0 Å². The minimum atomic E-state index is -4.24. The summed E-state index contributed by atoms with van der Waals surface area (Å²) in [7, 11) is -4.24. The van der Waals surface area contributed by atoms with Crippen LogP contribution < -0.4 is 0 Å². The molecule has 5 nitrogen and oxygen atoms in total. The number of rotatable bonds is 3. The fourth-order valence-electron chi connectivity index (χ4n) is 1.99. The van der Waals surface area contributed by atoms with Crippen LogP contribution in [0.25, 0.3) is 0 Å². The first-order valence-electron chi connectivity index (χ1n) is 5.61. The summed E-state index contributed by atoms with van der Waals surface area (Å²) in [4.78, 5) is 10.0. The Kier molecular flexibility index (Phi) is 4.12. The first-order chi connectivity index (χ1) is 9.23. The van der Waals surface area contributed by atoms with Crippen LogP contribution in [0.3, 0.4) is 0 Å². The maximum Gasteiger partial charge on any atom is 0.307 e. The van der Waals surface area contributed by atoms with Gasteiger partial charge in [0.15, 0.2) is 0 Å². The van der Waals surface area contributed by atoms with E-state index in [1.54, 1.807) is 0 Å². The van der Waals surface area contributed by atoms with Gasteiger partial charge in [-0.15, -0.1) is 0 Å². The molecule has 0 radical (unpaired) electrons. The highest BCUT2D eigenvalue weighted by Gasteiger charge is 2.37. The predicted octanol–water partition coefficient (Wildman–Crippen LogP) is 1.82. The van der Waals surface area contributed by atoms with Crippen molar-refractivity contribution < 1.29 is 27.1 Å². The van der Waals surface area contributed by atoms with Crippen molar-refractivity contribution in [1.82, 2.24) is 4.31 Å². The highest BCUT2D eigenvalue weighted by atomic mass is 79.9. The number of benzene rings is 1. The minimum absolute atomic E-state index is 0.0313. The van der Waals surface area contributed by atoms with Gasteiger partial charge in [-0.1, -0.05) is 0 Å². The van der Waals surface area contributed by atoms with Gasteiger partial charge in [-0.05, 0) is 34.5 Å². The van der Waals surface area contributed by atoms with Gasteiger partial charge < -0.3 is 5.11 Å². The average molecular weight is 370 g/mol. The highest BCUT2D eigenvalue weighted by Crippen LogP contribution is 2.29. The topological polar surface area (TPSA) is 74.7 Å². The standard InChI is InChI=1S/C11H10BrF2NO4S/c12-7-3-9(14)10(4-8(7)13)20(18,19)15-2-1-6(5-15)11(16)17/h3-4,6H,1-2,5H2,(H,16,17). The molecule has 2 rings (SSSR count). The number of hydrogen-bond acceptors (Lipinski definition) is 3. The summed E-state index contributed by atoms with van der Waals surface area (Å²) >= 11 is 2.76. The first kappa shape index (κ1) is 15.3. The molecule has 1 aliphatic rings. The lowest BCUT2D eigenvalue weighted by Gasteiger charge is -2.16. The van der Waals surface area contributed by atoms with E-state index >= 15 is 0 Å². The van der Waals surface area contributed by atoms with E-state index in [0.29, 0.717) is 6.07 Å². The number of carbonyl (C=O) groups is 1. The smallest absolute Gasteiger partial charge is 0.307 e. The molecule has 0 aliphatic carbocycles. The number of halogens is 3. The molecular weight excluding hydrogens is 360 g/mol. The van der Waals surface area contributed by atoms with E-state index < -0.39 is 38.4 Å². The molecule has 1 heterocycles. The first-order valence-corrected chi connectivity index (χ1v) is 7.84. The molecule has 1 atom stereocenters. The van der Waals surface area contributed by atoms with Gasteiger partial charge in [0.1, 0.15) is 16.5 Å². The molecular formula is C11H10BrF2NO4S. The summed E-state index contributed by atoms with van der Waals surface area (Å²) < 4.78 is 52.2. The van der Waals surface area contributed by atoms with Crippen molar-refractivity contribution in [2.75, 3.05) is 13.1 Å². The molecule has 1 aromatic rings. The largest absolute Gasteiger partial charge is 0.481 e. The highest BCUT2D eigenvalue weighted by molar-refractivity contribution is 9.10. The fourth-order valence-corrected chi connectivity index (χ4v) is 3.86. The van der Waals surface area contributed by atoms with Crippen LogP contribution in [0, 0.1) is 17.6 Å². The Bertz CT molecular complexity index is 665. The SMILES string of the molecule is O=C(O)C1CCN(S(=O)(=O)c2cc(F)c(Br)cc2F)C1. The van der Waals surface area contributed by atoms with Gasteiger partial charge in [0, 0.05) is 13.1 Å². The van der Waals surface area contributed by atoms with E-state index in [4.69, 9.17) is 5.11 Å². The maximum atomic E-state index is 13.7. The lowest BCUT2D eigenvalue weighted by molar-refractivity contribution is -0.141. The molecule has 0 bridgehead atoms. The van der Waals surface area contributed by atoms with Gasteiger partial charge in [0.2, 0.25) is 10.0 Å². The lowest BCUT2D eigenvalue weighted by atomic mass is 10.1. The van der Waals surface area contributed by atoms with Crippen molar-refractivity contribution >= 4 is 31.9 Å². The van der Waals surface area contributed by atoms with Crippen molar-refractivity contribution in [3.8, 4) is 0 Å². The quantitative estimate of drug-likeness (QED) is 0.824. The summed E-state index contributed by atoms with van der Waals surface area (Å²) in [5, 5.41) is 8.84. The second-order valence-corrected chi connectivity index (χ2v) is 7.14. The van der Waals surface area contributed by atoms with E-state index in [0.717, 1.165) is 10.4 Å². The molecule has 1 unspecified atom stereocenters. The number of carboxylic acid groups (broad SMARTS) is 1. The van der Waals surface area contributed by atoms with Crippen molar-refractivity contribution in [3.63, 3.8) is 0 Å². The number of aliphatic carboxylic acids is 1. The molecule has 1 fully saturated rings. The van der Waals surface area contributed by atoms with E-state index in [-0.39, 0.29) is 24.0 Å². The molecule has 9 heteroatoms. The van der Waals surface area contributed by atoms with Gasteiger partial charge in [0.25, 0.3) is 0 Å². The van der Waals surface area contributed by atoms with Crippen LogP contribution in [0.1, 0.15) is 6.42 Å². The number of sulfonamides is 1. The van der Waals surface area contributed by atoms with E-state index in [1.807, 2.05) is 0 Å². The van der Waals surface area contributed by atoms with Crippen LogP contribution >= 0.6 is 15.9 Å². The molecule has 1 N–H and O–H groups in total. The Morgan fingerprint density at radius 2 is 2.00 bits per heavy atom. The van der Waals surface area contributed by atoms with Crippen molar-refractivity contribution in [2.45, 2.75) is 11.3 Å². The van der Waals surface area contributed by atoms with E-state index in [1.165, 1.54) is 0 Å². The molecule has 20 heavy (non-hydrogen) atoms. The Labute approximate surface area is 122 Å². The van der Waals surface area contributed by atoms with Crippen molar-refractivity contribution in [1.29, 1.82) is 0 Å². The predicted molar refractivity (Wildman–Crippen MR) is 68.6 cm³/mol. The molecule has 110 valence electrons. The second-order valence-electron chi connectivity index (χ2n) is 4.38. The third-order valence-electron chi connectivity index (χ3n) is 3.09. The van der Waals surface area contributed by atoms with Gasteiger partial charge >= 0.3 is 5.97 Å². The molecule has 0 aromatic heterocycles. The number of carboxylic acids is 1. The van der Waals surface area contributed by atoms with Crippen LogP contribution in [0.4, 0.5) is 8.78 Å². The van der Waals surface area contributed by atoms with Crippen LogP contribution in [-0.4, -0.2) is 36.9 Å². The third kappa shape index (κ3) is 2.70. The molecule has 1 aliphatic heterocycles. The molecule has 1 saturated heterocycles. The zero-order valence-corrected chi connectivity index (χ0v) is 12.4. The number of hydrogen-bond donors (Lipinski definition) is 1. The van der Waals surface area contributed by atoms with Gasteiger partial charge in [0.05, 0.1) is 10.4 Å². The van der Waals surface area contributed by atoms with Crippen molar-refractivity contribution in [2.24, 2.45) is 5.92 Å². The minimum Gasteiger partial charge on any atom is -0.481 e. The lowest BCUT2D eigenvalue weighted by Crippen LogP contribution is -2.30. The maximum absolute atomic E-state index is 13.7. The second kappa shape index (κ2) is 5.38. The Balaban J connectivity index is 2.37. The molecule has 0 spiro atoms. The van der Waals surface area contributed by atoms with Gasteiger partial charge in [-0.3, -0.25) is 4.79 Å². The average Bonchev–Trinajstić information content (AvgIpc) is 2.83. The molecule has 0 saturated carbocycles. The number of nitrogens with zero attached hydrogens (tertiary/aromatic N) is 1. The summed E-state index contributed by atoms with van der Waals surface area (Å²) in [6.45, 7) is -0.273. The normalized spacial score (nSPS) is 20.2. The summed E-state index contributed by atoms with van der Waals surface area (Å²) in [5.74, 6) is -3.92. The molecule has 0 amide bonds. The molecule has 1 aromatic carbocycles. The van der Waals surface area contributed by atoms with Crippen LogP contribution in [0.2, 0.25) is 0 Å². The zero-order valence-electron chi connectivity index (χ0n) is 10.0. The van der Waals surface area contributed by atoms with Crippen LogP contribution in [0.15, 0.2) is 21.5 Å². The van der Waals surface area contributed by atoms with Crippen molar-refractivity contribution in [3.05, 3.63) is 28.2 Å². The fraction of sp³-hybridized carbons (Fsp3) is 0.364. The monoisotopic (exact) mass is 369 g/mol. The zero-order chi connectivity index (χ0) is 15.1. The summed E-state index contributed by atoms with van der Waals surface area (Å²) in [6, 6.07) is 1.32. The van der Waals surface area contributed by atoms with Gasteiger partial charge in [-0.25, -0.2) is 17.2 Å². The van der Waals surface area contributed by atoms with E-state index in [9.17, 15) is 22.0 Å².